The number of ether oxygens (including phenoxy) is 1. The average molecular weight is 342 g/mol. The number of carbonyl (C=O) groups is 1. The first-order chi connectivity index (χ1) is 9.26. The Kier molecular flexibility index (Phi) is 6.22. The highest BCUT2D eigenvalue weighted by Crippen LogP contribution is 2.30. The van der Waals surface area contributed by atoms with Crippen LogP contribution in [0.4, 0.5) is 0 Å². The Morgan fingerprint density at radius 3 is 2.40 bits per heavy atom. The van der Waals surface area contributed by atoms with E-state index in [1.54, 1.807) is 6.07 Å². The van der Waals surface area contributed by atoms with Gasteiger partial charge in [-0.05, 0) is 12.1 Å². The van der Waals surface area contributed by atoms with Crippen LogP contribution in [-0.4, -0.2) is 50.6 Å². The summed E-state index contributed by atoms with van der Waals surface area (Å²) in [4.78, 5) is 10.1. The van der Waals surface area contributed by atoms with Gasteiger partial charge in [0.25, 0.3) is 0 Å². The van der Waals surface area contributed by atoms with E-state index < -0.39 is 22.6 Å². The van der Waals surface area contributed by atoms with E-state index in [4.69, 9.17) is 33.0 Å². The number of nitrogens with zero attached hydrogens (tertiary/aromatic N) is 1. The molecule has 1 N–H and O–H groups in total. The maximum atomic E-state index is 12.3. The number of rotatable bonds is 7. The molecule has 0 radical (unpaired) electrons. The molecule has 0 heterocycles. The third-order valence-corrected chi connectivity index (χ3v) is 5.18. The summed E-state index contributed by atoms with van der Waals surface area (Å²) in [6.07, 6.45) is 0. The van der Waals surface area contributed by atoms with Gasteiger partial charge in [0, 0.05) is 13.6 Å². The first-order valence-corrected chi connectivity index (χ1v) is 7.66. The number of carboxylic acid groups (broad SMARTS) is 1. The first-order valence-electron chi connectivity index (χ1n) is 5.46. The third kappa shape index (κ3) is 4.32. The van der Waals surface area contributed by atoms with Crippen molar-refractivity contribution in [1.29, 1.82) is 0 Å². The number of aliphatic carboxylic acids is 1. The Bertz CT molecular complexity index is 570. The summed E-state index contributed by atoms with van der Waals surface area (Å²) in [5, 5.41) is 8.45. The molecule has 0 bridgehead atoms. The number of halogens is 2. The van der Waals surface area contributed by atoms with Crippen molar-refractivity contribution < 1.29 is 23.1 Å². The fourth-order valence-corrected chi connectivity index (χ4v) is 3.60. The second-order valence-corrected chi connectivity index (χ2v) is 6.62. The highest BCUT2D eigenvalue weighted by atomic mass is 35.5. The van der Waals surface area contributed by atoms with E-state index in [1.807, 2.05) is 0 Å². The van der Waals surface area contributed by atoms with Gasteiger partial charge in [-0.1, -0.05) is 29.3 Å². The van der Waals surface area contributed by atoms with E-state index in [9.17, 15) is 13.2 Å². The number of sulfonamides is 1. The van der Waals surface area contributed by atoms with Crippen LogP contribution < -0.4 is 0 Å². The van der Waals surface area contributed by atoms with Crippen LogP contribution in [0, 0.1) is 0 Å². The number of benzene rings is 1. The van der Waals surface area contributed by atoms with E-state index in [1.165, 1.54) is 19.2 Å². The van der Waals surface area contributed by atoms with Crippen molar-refractivity contribution in [3.05, 3.63) is 28.2 Å². The van der Waals surface area contributed by atoms with Gasteiger partial charge in [0.05, 0.1) is 16.7 Å². The molecule has 0 saturated carbocycles. The predicted molar refractivity (Wildman–Crippen MR) is 74.7 cm³/mol. The quantitative estimate of drug-likeness (QED) is 0.763. The smallest absolute Gasteiger partial charge is 0.329 e. The predicted octanol–water partition coefficient (Wildman–Crippen LogP) is 1.72. The molecule has 0 saturated heterocycles. The maximum absolute atomic E-state index is 12.3. The zero-order valence-electron chi connectivity index (χ0n) is 10.5. The molecule has 1 aromatic rings. The Morgan fingerprint density at radius 2 is 1.90 bits per heavy atom. The van der Waals surface area contributed by atoms with Gasteiger partial charge in [-0.25, -0.2) is 13.2 Å². The lowest BCUT2D eigenvalue weighted by Gasteiger charge is -2.18. The Morgan fingerprint density at radius 1 is 1.35 bits per heavy atom. The number of hydrogen-bond acceptors (Lipinski definition) is 4. The van der Waals surface area contributed by atoms with E-state index in [-0.39, 0.29) is 28.1 Å². The minimum atomic E-state index is -3.86. The van der Waals surface area contributed by atoms with Crippen molar-refractivity contribution >= 4 is 39.2 Å². The van der Waals surface area contributed by atoms with Crippen molar-refractivity contribution in [3.63, 3.8) is 0 Å². The number of hydrogen-bond donors (Lipinski definition) is 1. The SMILES string of the molecule is CN(CCOCC(=O)O)S(=O)(=O)c1c(Cl)cccc1Cl. The van der Waals surface area contributed by atoms with Gasteiger partial charge < -0.3 is 9.84 Å². The second kappa shape index (κ2) is 7.24. The monoisotopic (exact) mass is 341 g/mol. The van der Waals surface area contributed by atoms with Crippen LogP contribution in [0.25, 0.3) is 0 Å². The van der Waals surface area contributed by atoms with E-state index >= 15 is 0 Å². The fraction of sp³-hybridized carbons (Fsp3) is 0.364. The van der Waals surface area contributed by atoms with Gasteiger partial charge in [-0.3, -0.25) is 0 Å². The Hall–Kier alpha value is -0.860. The highest BCUT2D eigenvalue weighted by molar-refractivity contribution is 7.89. The van der Waals surface area contributed by atoms with Crippen LogP contribution in [-0.2, 0) is 19.6 Å². The minimum Gasteiger partial charge on any atom is -0.480 e. The topological polar surface area (TPSA) is 83.9 Å². The van der Waals surface area contributed by atoms with Crippen molar-refractivity contribution in [1.82, 2.24) is 4.31 Å². The minimum absolute atomic E-state index is 0.0167. The van der Waals surface area contributed by atoms with Crippen LogP contribution in [0.1, 0.15) is 0 Å². The molecule has 112 valence electrons. The van der Waals surface area contributed by atoms with Crippen molar-refractivity contribution in [2.24, 2.45) is 0 Å². The summed E-state index contributed by atoms with van der Waals surface area (Å²) in [5.74, 6) is -1.12. The van der Waals surface area contributed by atoms with Crippen LogP contribution >= 0.6 is 23.2 Å². The molecule has 0 aliphatic rings. The summed E-state index contributed by atoms with van der Waals surface area (Å²) in [5.41, 5.74) is 0. The van der Waals surface area contributed by atoms with Crippen molar-refractivity contribution in [2.75, 3.05) is 26.8 Å². The molecule has 0 aromatic heterocycles. The number of carboxylic acids is 1. The van der Waals surface area contributed by atoms with Crippen molar-refractivity contribution in [3.8, 4) is 0 Å². The molecule has 20 heavy (non-hydrogen) atoms. The Labute approximate surface area is 126 Å². The molecule has 1 rings (SSSR count). The molecule has 0 amide bonds. The lowest BCUT2D eigenvalue weighted by molar-refractivity contribution is -0.142. The van der Waals surface area contributed by atoms with E-state index in [0.29, 0.717) is 0 Å². The number of likely N-dealkylation sites (N-methyl/N-ethyl adjacent to an activating group) is 1. The van der Waals surface area contributed by atoms with E-state index in [0.717, 1.165) is 4.31 Å². The molecule has 0 atom stereocenters. The summed E-state index contributed by atoms with van der Waals surface area (Å²) >= 11 is 11.7. The fourth-order valence-electron chi connectivity index (χ4n) is 1.36. The molecule has 6 nitrogen and oxygen atoms in total. The largest absolute Gasteiger partial charge is 0.480 e. The molecular formula is C11H13Cl2NO5S. The lowest BCUT2D eigenvalue weighted by atomic mass is 10.4. The Balaban J connectivity index is 2.80. The van der Waals surface area contributed by atoms with Crippen LogP contribution in [0.3, 0.4) is 0 Å². The molecule has 1 aromatic carbocycles. The van der Waals surface area contributed by atoms with Crippen LogP contribution in [0.15, 0.2) is 23.1 Å². The summed E-state index contributed by atoms with van der Waals surface area (Å²) in [6, 6.07) is 4.39. The average Bonchev–Trinajstić information content (AvgIpc) is 2.33. The zero-order chi connectivity index (χ0) is 15.3. The van der Waals surface area contributed by atoms with Gasteiger partial charge in [-0.2, -0.15) is 4.31 Å². The molecular weight excluding hydrogens is 329 g/mol. The van der Waals surface area contributed by atoms with Gasteiger partial charge in [0.2, 0.25) is 10.0 Å². The molecule has 9 heteroatoms. The van der Waals surface area contributed by atoms with Gasteiger partial charge in [0.1, 0.15) is 11.5 Å². The summed E-state index contributed by atoms with van der Waals surface area (Å²) < 4.78 is 30.4. The summed E-state index contributed by atoms with van der Waals surface area (Å²) in [6.45, 7) is -0.554. The highest BCUT2D eigenvalue weighted by Gasteiger charge is 2.26. The zero-order valence-corrected chi connectivity index (χ0v) is 12.9. The lowest BCUT2D eigenvalue weighted by Crippen LogP contribution is -2.31. The standard InChI is InChI=1S/C11H13Cl2NO5S/c1-14(5-6-19-7-10(15)16)20(17,18)11-8(12)3-2-4-9(11)13/h2-4H,5-7H2,1H3,(H,15,16). The molecule has 0 aliphatic carbocycles. The summed E-state index contributed by atoms with van der Waals surface area (Å²) in [7, 11) is -2.53. The van der Waals surface area contributed by atoms with Crippen LogP contribution in [0.2, 0.25) is 10.0 Å². The van der Waals surface area contributed by atoms with Crippen molar-refractivity contribution in [2.45, 2.75) is 4.90 Å². The van der Waals surface area contributed by atoms with Crippen LogP contribution in [0.5, 0.6) is 0 Å². The van der Waals surface area contributed by atoms with Gasteiger partial charge in [-0.15, -0.1) is 0 Å². The molecule has 0 fully saturated rings. The van der Waals surface area contributed by atoms with E-state index in [2.05, 4.69) is 0 Å². The van der Waals surface area contributed by atoms with Gasteiger partial charge in [0.15, 0.2) is 0 Å². The maximum Gasteiger partial charge on any atom is 0.329 e. The van der Waals surface area contributed by atoms with Gasteiger partial charge >= 0.3 is 5.97 Å². The normalized spacial score (nSPS) is 11.8. The molecule has 0 unspecified atom stereocenters. The second-order valence-electron chi connectivity index (χ2n) is 3.82. The third-order valence-electron chi connectivity index (χ3n) is 2.36. The molecule has 0 aliphatic heterocycles. The first kappa shape index (κ1) is 17.2. The molecule has 0 spiro atoms.